The average Bonchev–Trinajstić information content (AvgIpc) is 2.74. The van der Waals surface area contributed by atoms with Crippen LogP contribution in [0.1, 0.15) is 22.3 Å². The van der Waals surface area contributed by atoms with Gasteiger partial charge in [0.25, 0.3) is 0 Å². The van der Waals surface area contributed by atoms with Crippen LogP contribution in [0.2, 0.25) is 0 Å². The number of rotatable bonds is 4. The number of aromatic carboxylic acids is 1. The molecule has 1 unspecified atom stereocenters. The summed E-state index contributed by atoms with van der Waals surface area (Å²) >= 11 is 3.18. The van der Waals surface area contributed by atoms with Crippen LogP contribution < -0.4 is 4.90 Å². The van der Waals surface area contributed by atoms with Gasteiger partial charge in [-0.3, -0.25) is 0 Å². The maximum absolute atomic E-state index is 11.1. The first-order chi connectivity index (χ1) is 8.61. The maximum atomic E-state index is 11.1. The van der Waals surface area contributed by atoms with Gasteiger partial charge in [0.15, 0.2) is 5.13 Å². The summed E-state index contributed by atoms with van der Waals surface area (Å²) in [6.07, 6.45) is 0. The molecule has 0 amide bonds. The zero-order chi connectivity index (χ0) is 13.1. The van der Waals surface area contributed by atoms with E-state index in [4.69, 9.17) is 9.84 Å². The lowest BCUT2D eigenvalue weighted by Crippen LogP contribution is -2.36. The lowest BCUT2D eigenvalue weighted by Gasteiger charge is -2.30. The normalized spacial score (nSPS) is 20.1. The average molecular weight is 288 g/mol. The third kappa shape index (κ3) is 2.96. The summed E-state index contributed by atoms with van der Waals surface area (Å²) in [6, 6.07) is 0. The van der Waals surface area contributed by atoms with Gasteiger partial charge in [0, 0.05) is 31.2 Å². The lowest BCUT2D eigenvalue weighted by molar-refractivity contribution is 0.0697. The fraction of sp³-hybridized carbons (Fsp3) is 0.636. The van der Waals surface area contributed by atoms with E-state index in [1.54, 1.807) is 7.11 Å². The SMILES string of the molecule is COCc1nc(N2CCSC(C)C2)sc1C(=O)O. The number of hydrogen-bond donors (Lipinski definition) is 1. The van der Waals surface area contributed by atoms with Crippen LogP contribution in [0.5, 0.6) is 0 Å². The van der Waals surface area contributed by atoms with Gasteiger partial charge in [-0.25, -0.2) is 9.78 Å². The van der Waals surface area contributed by atoms with E-state index in [0.717, 1.165) is 24.0 Å². The summed E-state index contributed by atoms with van der Waals surface area (Å²) in [4.78, 5) is 18.0. The van der Waals surface area contributed by atoms with Crippen molar-refractivity contribution < 1.29 is 14.6 Å². The minimum atomic E-state index is -0.926. The zero-order valence-electron chi connectivity index (χ0n) is 10.4. The number of carboxylic acids is 1. The van der Waals surface area contributed by atoms with Crippen LogP contribution in [-0.2, 0) is 11.3 Å². The van der Waals surface area contributed by atoms with Crippen LogP contribution in [-0.4, -0.2) is 47.3 Å². The van der Waals surface area contributed by atoms with Gasteiger partial charge in [-0.1, -0.05) is 18.3 Å². The Morgan fingerprint density at radius 3 is 3.06 bits per heavy atom. The standard InChI is InChI=1S/C11H16N2O3S2/c1-7-5-13(3-4-17-7)11-12-8(6-16-2)9(18-11)10(14)15/h7H,3-6H2,1-2H3,(H,14,15). The van der Waals surface area contributed by atoms with Crippen molar-refractivity contribution in [1.82, 2.24) is 4.98 Å². The van der Waals surface area contributed by atoms with Gasteiger partial charge >= 0.3 is 5.97 Å². The Bertz CT molecular complexity index is 436. The molecule has 1 aromatic rings. The Morgan fingerprint density at radius 2 is 2.44 bits per heavy atom. The first-order valence-corrected chi connectivity index (χ1v) is 7.56. The monoisotopic (exact) mass is 288 g/mol. The Morgan fingerprint density at radius 1 is 1.67 bits per heavy atom. The van der Waals surface area contributed by atoms with E-state index in [1.165, 1.54) is 11.3 Å². The minimum absolute atomic E-state index is 0.246. The molecular formula is C11H16N2O3S2. The van der Waals surface area contributed by atoms with Crippen molar-refractivity contribution in [1.29, 1.82) is 0 Å². The second-order valence-electron chi connectivity index (χ2n) is 4.14. The van der Waals surface area contributed by atoms with Crippen molar-refractivity contribution in [2.24, 2.45) is 0 Å². The summed E-state index contributed by atoms with van der Waals surface area (Å²) in [5.74, 6) is 0.133. The van der Waals surface area contributed by atoms with Gasteiger partial charge in [0.1, 0.15) is 4.88 Å². The predicted molar refractivity (Wildman–Crippen MR) is 73.9 cm³/mol. The number of methoxy groups -OCH3 is 1. The van der Waals surface area contributed by atoms with Crippen LogP contribution >= 0.6 is 23.1 Å². The summed E-state index contributed by atoms with van der Waals surface area (Å²) < 4.78 is 5.00. The van der Waals surface area contributed by atoms with E-state index in [-0.39, 0.29) is 11.5 Å². The molecule has 2 rings (SSSR count). The number of ether oxygens (including phenoxy) is 1. The molecular weight excluding hydrogens is 272 g/mol. The zero-order valence-corrected chi connectivity index (χ0v) is 12.0. The Kier molecular flexibility index (Phi) is 4.47. The molecule has 0 aliphatic carbocycles. The molecule has 0 spiro atoms. The Balaban J connectivity index is 2.22. The Hall–Kier alpha value is -0.790. The van der Waals surface area contributed by atoms with E-state index in [9.17, 15) is 4.79 Å². The van der Waals surface area contributed by atoms with E-state index in [2.05, 4.69) is 16.8 Å². The van der Waals surface area contributed by atoms with Gasteiger partial charge in [-0.15, -0.1) is 0 Å². The second kappa shape index (κ2) is 5.90. The molecule has 1 fully saturated rings. The van der Waals surface area contributed by atoms with Crippen molar-refractivity contribution >= 4 is 34.2 Å². The van der Waals surface area contributed by atoms with E-state index in [0.29, 0.717) is 10.9 Å². The molecule has 100 valence electrons. The summed E-state index contributed by atoms with van der Waals surface area (Å²) in [5.41, 5.74) is 0.524. The highest BCUT2D eigenvalue weighted by Crippen LogP contribution is 2.30. The number of nitrogens with zero attached hydrogens (tertiary/aromatic N) is 2. The molecule has 1 N–H and O–H groups in total. The molecule has 1 atom stereocenters. The van der Waals surface area contributed by atoms with Crippen LogP contribution in [0.25, 0.3) is 0 Å². The molecule has 0 radical (unpaired) electrons. The highest BCUT2D eigenvalue weighted by atomic mass is 32.2. The van der Waals surface area contributed by atoms with Crippen molar-refractivity contribution in [3.05, 3.63) is 10.6 Å². The summed E-state index contributed by atoms with van der Waals surface area (Å²) in [6.45, 7) is 4.27. The number of carboxylic acid groups (broad SMARTS) is 1. The van der Waals surface area contributed by atoms with E-state index in [1.807, 2.05) is 11.8 Å². The number of aromatic nitrogens is 1. The number of thioether (sulfide) groups is 1. The molecule has 2 heterocycles. The van der Waals surface area contributed by atoms with Gasteiger partial charge in [-0.2, -0.15) is 11.8 Å². The smallest absolute Gasteiger partial charge is 0.347 e. The van der Waals surface area contributed by atoms with Gasteiger partial charge in [0.05, 0.1) is 12.3 Å². The number of thiazole rings is 1. The van der Waals surface area contributed by atoms with Crippen LogP contribution in [0.4, 0.5) is 5.13 Å². The topological polar surface area (TPSA) is 62.7 Å². The fourth-order valence-electron chi connectivity index (χ4n) is 1.87. The fourth-order valence-corrected chi connectivity index (χ4v) is 3.82. The van der Waals surface area contributed by atoms with Crippen molar-refractivity contribution in [2.45, 2.75) is 18.8 Å². The van der Waals surface area contributed by atoms with Gasteiger partial charge in [-0.05, 0) is 0 Å². The summed E-state index contributed by atoms with van der Waals surface area (Å²) in [7, 11) is 1.55. The van der Waals surface area contributed by atoms with Crippen LogP contribution in [0, 0.1) is 0 Å². The lowest BCUT2D eigenvalue weighted by atomic mass is 10.4. The quantitative estimate of drug-likeness (QED) is 0.913. The minimum Gasteiger partial charge on any atom is -0.477 e. The van der Waals surface area contributed by atoms with Crippen LogP contribution in [0.15, 0.2) is 0 Å². The highest BCUT2D eigenvalue weighted by Gasteiger charge is 2.23. The second-order valence-corrected chi connectivity index (χ2v) is 6.66. The molecule has 5 nitrogen and oxygen atoms in total. The molecule has 1 saturated heterocycles. The van der Waals surface area contributed by atoms with Gasteiger partial charge < -0.3 is 14.7 Å². The molecule has 1 aliphatic heterocycles. The van der Waals surface area contributed by atoms with Crippen molar-refractivity contribution in [2.75, 3.05) is 30.9 Å². The van der Waals surface area contributed by atoms with Crippen molar-refractivity contribution in [3.8, 4) is 0 Å². The predicted octanol–water partition coefficient (Wildman–Crippen LogP) is 1.93. The molecule has 0 bridgehead atoms. The molecule has 1 aromatic heterocycles. The molecule has 18 heavy (non-hydrogen) atoms. The molecule has 0 aromatic carbocycles. The molecule has 0 saturated carbocycles. The van der Waals surface area contributed by atoms with Crippen molar-refractivity contribution in [3.63, 3.8) is 0 Å². The first-order valence-electron chi connectivity index (χ1n) is 5.70. The summed E-state index contributed by atoms with van der Waals surface area (Å²) in [5, 5.41) is 10.5. The maximum Gasteiger partial charge on any atom is 0.347 e. The highest BCUT2D eigenvalue weighted by molar-refractivity contribution is 8.00. The van der Waals surface area contributed by atoms with E-state index < -0.39 is 5.97 Å². The largest absolute Gasteiger partial charge is 0.477 e. The van der Waals surface area contributed by atoms with E-state index >= 15 is 0 Å². The Labute approximate surface area is 114 Å². The number of carbonyl (C=O) groups is 1. The number of hydrogen-bond acceptors (Lipinski definition) is 6. The first kappa shape index (κ1) is 13.6. The molecule has 1 aliphatic rings. The third-order valence-corrected chi connectivity index (χ3v) is 4.96. The van der Waals surface area contributed by atoms with Gasteiger partial charge in [0.2, 0.25) is 0 Å². The van der Waals surface area contributed by atoms with Crippen LogP contribution in [0.3, 0.4) is 0 Å². The third-order valence-electron chi connectivity index (χ3n) is 2.67. The number of anilines is 1. The molecule has 7 heteroatoms.